The first-order chi connectivity index (χ1) is 39.0. The number of aromatic nitrogens is 3. The number of ketones is 1. The number of hydrazine groups is 1. The summed E-state index contributed by atoms with van der Waals surface area (Å²) in [5.74, 6) is 0.595. The Kier molecular flexibility index (Phi) is 18.7. The van der Waals surface area contributed by atoms with Crippen molar-refractivity contribution in [1.82, 2.24) is 46.0 Å². The summed E-state index contributed by atoms with van der Waals surface area (Å²) in [6.07, 6.45) is -13.6. The molecule has 19 nitrogen and oxygen atoms in total. The van der Waals surface area contributed by atoms with E-state index < -0.39 is 126 Å². The largest absolute Gasteiger partial charge is 0.465 e. The first kappa shape index (κ1) is 64.0. The molecule has 6 unspecified atom stereocenters. The highest BCUT2D eigenvalue weighted by molar-refractivity contribution is 5.93. The number of hydrogen-bond acceptors (Lipinski definition) is 13. The van der Waals surface area contributed by atoms with E-state index in [0.717, 1.165) is 19.5 Å². The summed E-state index contributed by atoms with van der Waals surface area (Å²) >= 11 is 0. The second-order valence-corrected chi connectivity index (χ2v) is 22.8. The van der Waals surface area contributed by atoms with E-state index in [9.17, 15) is 69.3 Å². The molecule has 0 aliphatic carbocycles. The van der Waals surface area contributed by atoms with Crippen LogP contribution in [0.3, 0.4) is 0 Å². The molecule has 456 valence electrons. The zero-order valence-electron chi connectivity index (χ0n) is 46.4. The summed E-state index contributed by atoms with van der Waals surface area (Å²) < 4.78 is 156. The van der Waals surface area contributed by atoms with Crippen LogP contribution in [0, 0.1) is 45.1 Å². The number of carbonyl (C=O) groups is 5. The van der Waals surface area contributed by atoms with Crippen molar-refractivity contribution < 1.29 is 87.6 Å². The second kappa shape index (κ2) is 24.6. The molecule has 4 aromatic rings. The number of ether oxygens (including phenoxy) is 2. The number of alkyl halides is 8. The van der Waals surface area contributed by atoms with Gasteiger partial charge in [-0.1, -0.05) is 24.0 Å². The highest BCUT2D eigenvalue weighted by Gasteiger charge is 2.59. The van der Waals surface area contributed by atoms with Crippen LogP contribution in [-0.2, 0) is 36.8 Å². The van der Waals surface area contributed by atoms with Crippen LogP contribution < -0.4 is 26.3 Å². The summed E-state index contributed by atoms with van der Waals surface area (Å²) in [4.78, 5) is 74.9. The number of aliphatic hydroxyl groups excluding tert-OH is 1. The fourth-order valence-electron chi connectivity index (χ4n) is 10.3. The number of likely N-dealkylation sites (tertiary alicyclic amines) is 1. The number of anilines is 1. The van der Waals surface area contributed by atoms with Crippen LogP contribution in [0.2, 0.25) is 0 Å². The average Bonchev–Trinajstić information content (AvgIpc) is 0.951. The molecule has 2 aromatic carbocycles. The van der Waals surface area contributed by atoms with Gasteiger partial charge < -0.3 is 40.5 Å². The number of halogens is 10. The molecule has 5 heterocycles. The Morgan fingerprint density at radius 3 is 1.86 bits per heavy atom. The van der Waals surface area contributed by atoms with E-state index in [1.54, 1.807) is 18.3 Å². The molecule has 6 N–H and O–H groups in total. The van der Waals surface area contributed by atoms with Gasteiger partial charge in [-0.2, -0.15) is 40.2 Å². The predicted octanol–water partition coefficient (Wildman–Crippen LogP) is 6.59. The van der Waals surface area contributed by atoms with Crippen molar-refractivity contribution in [3.8, 4) is 23.0 Å². The van der Waals surface area contributed by atoms with E-state index in [4.69, 9.17) is 4.74 Å². The molecular formula is C55H62F10N10O9. The summed E-state index contributed by atoms with van der Waals surface area (Å²) in [5.41, 5.74) is -5.94. The zero-order chi connectivity index (χ0) is 62.1. The number of rotatable bonds is 19. The number of nitrogens with zero attached hydrogens (tertiary/aromatic N) is 6. The van der Waals surface area contributed by atoms with Gasteiger partial charge in [-0.3, -0.25) is 24.7 Å². The molecule has 0 saturated carbocycles. The van der Waals surface area contributed by atoms with Crippen molar-refractivity contribution >= 4 is 35.6 Å². The van der Waals surface area contributed by atoms with Gasteiger partial charge >= 0.3 is 31.1 Å². The molecule has 7 rings (SSSR count). The quantitative estimate of drug-likeness (QED) is 0.0330. The number of hydrogen-bond donors (Lipinski definition) is 6. The van der Waals surface area contributed by atoms with Gasteiger partial charge in [0.15, 0.2) is 5.78 Å². The number of Topliss-reactive ketones (excluding diaryl/α,β-unsaturated/α-hetero) is 1. The Balaban J connectivity index is 1.18. The molecule has 0 radical (unpaired) electrons. The number of amides is 4. The molecule has 29 heteroatoms. The van der Waals surface area contributed by atoms with E-state index >= 15 is 8.78 Å². The number of piperidine rings is 2. The minimum Gasteiger partial charge on any atom is -0.465 e. The highest BCUT2D eigenvalue weighted by Crippen LogP contribution is 2.45. The lowest BCUT2D eigenvalue weighted by atomic mass is 9.64. The normalized spacial score (nSPS) is 20.2. The van der Waals surface area contributed by atoms with Crippen molar-refractivity contribution in [1.29, 1.82) is 0 Å². The predicted molar refractivity (Wildman–Crippen MR) is 279 cm³/mol. The van der Waals surface area contributed by atoms with E-state index in [-0.39, 0.29) is 33.2 Å². The summed E-state index contributed by atoms with van der Waals surface area (Å²) in [6, 6.07) is 4.05. The van der Waals surface area contributed by atoms with Gasteiger partial charge in [0.2, 0.25) is 5.91 Å². The van der Waals surface area contributed by atoms with E-state index in [0.29, 0.717) is 101 Å². The van der Waals surface area contributed by atoms with Crippen LogP contribution in [0.4, 0.5) is 59.3 Å². The Labute approximate surface area is 475 Å². The topological polar surface area (TPSA) is 233 Å². The molecule has 4 amide bonds. The highest BCUT2D eigenvalue weighted by atomic mass is 19.4. The lowest BCUT2D eigenvalue weighted by Gasteiger charge is -2.57. The molecule has 3 aliphatic rings. The number of nitrogens with one attached hydrogen (secondary N) is 4. The maximum atomic E-state index is 16.0. The minimum absolute atomic E-state index is 0.182. The van der Waals surface area contributed by atoms with Crippen molar-refractivity contribution in [2.75, 3.05) is 57.9 Å². The van der Waals surface area contributed by atoms with Gasteiger partial charge in [0.1, 0.15) is 29.5 Å². The van der Waals surface area contributed by atoms with E-state index in [2.05, 4.69) is 41.8 Å². The fourth-order valence-corrected chi connectivity index (χ4v) is 10.3. The number of methoxy groups -OCH3 is 1. The van der Waals surface area contributed by atoms with Gasteiger partial charge in [0, 0.05) is 73.9 Å². The first-order valence-electron chi connectivity index (χ1n) is 26.1. The molecule has 2 bridgehead atoms. The number of aliphatic hydroxyl groups is 1. The third-order valence-corrected chi connectivity index (χ3v) is 15.5. The maximum absolute atomic E-state index is 16.0. The Morgan fingerprint density at radius 1 is 0.810 bits per heavy atom. The molecule has 0 spiro atoms. The SMILES string of the molecule is COC(=O)NC(C(=O)NC(Cc1ccc(C#Cc2ccc(N3CC4(C)CN(C5COC5)CC(C)(C3)C4=O)nc2)cc1)C(O)CN(Cc1c(F)cc(-c2cnn(C(F)F)c2)cc1F)NC(=O)C(NC(=O)O)C(C)(C)C(F)(F)F)C(C)(C)C(F)(F)F. The molecule has 3 fully saturated rings. The van der Waals surface area contributed by atoms with Gasteiger partial charge in [-0.15, -0.1) is 0 Å². The summed E-state index contributed by atoms with van der Waals surface area (Å²) in [6.45, 7) is 3.88. The average molecular weight is 1200 g/mol. The molecule has 84 heavy (non-hydrogen) atoms. The van der Waals surface area contributed by atoms with Crippen molar-refractivity contribution in [3.05, 3.63) is 101 Å². The van der Waals surface area contributed by atoms with Crippen LogP contribution in [0.15, 0.2) is 67.1 Å². The Bertz CT molecular complexity index is 3100. The zero-order valence-corrected chi connectivity index (χ0v) is 46.4. The number of fused-ring (bicyclic) bond motifs is 2. The molecular weight excluding hydrogens is 1130 g/mol. The van der Waals surface area contributed by atoms with E-state index in [1.807, 2.05) is 24.6 Å². The summed E-state index contributed by atoms with van der Waals surface area (Å²) in [7, 11) is 0.804. The monoisotopic (exact) mass is 1200 g/mol. The molecule has 3 saturated heterocycles. The number of alkyl carbamates (subject to hydrolysis) is 1. The third kappa shape index (κ3) is 14.2. The number of benzene rings is 2. The third-order valence-electron chi connectivity index (χ3n) is 15.5. The van der Waals surface area contributed by atoms with Crippen LogP contribution in [0.25, 0.3) is 11.1 Å². The fraction of sp³-hybridized carbons (Fsp3) is 0.509. The number of carbonyl (C=O) groups excluding carboxylic acids is 4. The van der Waals surface area contributed by atoms with Crippen LogP contribution in [-0.4, -0.2) is 160 Å². The molecule has 2 aromatic heterocycles. The summed E-state index contributed by atoms with van der Waals surface area (Å²) in [5, 5.41) is 31.0. The number of carboxylic acid groups (broad SMARTS) is 1. The van der Waals surface area contributed by atoms with Gasteiger partial charge in [0.05, 0.1) is 66.4 Å². The maximum Gasteiger partial charge on any atom is 0.407 e. The lowest BCUT2D eigenvalue weighted by molar-refractivity contribution is -0.221. The number of pyridine rings is 1. The van der Waals surface area contributed by atoms with Crippen LogP contribution >= 0.6 is 0 Å². The minimum atomic E-state index is -5.30. The first-order valence-corrected chi connectivity index (χ1v) is 26.1. The van der Waals surface area contributed by atoms with Crippen molar-refractivity contribution in [2.45, 2.75) is 104 Å². The second-order valence-electron chi connectivity index (χ2n) is 22.8. The van der Waals surface area contributed by atoms with Gasteiger partial charge in [-0.25, -0.2) is 33.0 Å². The molecule has 6 atom stereocenters. The Morgan fingerprint density at radius 2 is 1.37 bits per heavy atom. The van der Waals surface area contributed by atoms with E-state index in [1.165, 1.54) is 29.6 Å². The smallest absolute Gasteiger partial charge is 0.407 e. The molecule has 3 aliphatic heterocycles. The van der Waals surface area contributed by atoms with Crippen molar-refractivity contribution in [3.63, 3.8) is 0 Å². The lowest BCUT2D eigenvalue weighted by Crippen LogP contribution is -2.71. The van der Waals surface area contributed by atoms with Crippen LogP contribution in [0.5, 0.6) is 0 Å². The van der Waals surface area contributed by atoms with Gasteiger partial charge in [-0.05, 0) is 95.5 Å². The van der Waals surface area contributed by atoms with Gasteiger partial charge in [0.25, 0.3) is 5.91 Å². The van der Waals surface area contributed by atoms with Crippen molar-refractivity contribution in [2.24, 2.45) is 21.7 Å². The Hall–Kier alpha value is -7.55. The van der Waals surface area contributed by atoms with Crippen LogP contribution in [0.1, 0.15) is 70.3 Å². The standard InChI is InChI=1S/C55H62F10N10O9/c1-50(2,54(60,61)62)42(70-49(82)83-7)44(77)68-39(16-31-11-8-30(9-12-31)10-13-32-14-15-41(66-19-32)73-28-52(5)26-72(35-24-84-25-35)27-53(6,29-73)46(52)79)40(76)23-74(71-45(78)43(69-48(80)81)51(3,4)55(63,64)65)22-36-37(56)17-33(18-38(36)57)34-20-67-75(21-34)47(58)59/h8-9,11-12,14-15,17-21,35,39-40,42-43,47,69,76H,16,22-29H2,1-7H3,(H,68,77)(H,70,82)(H,71,78)(H,80,81).